The van der Waals surface area contributed by atoms with Gasteiger partial charge in [0, 0.05) is 6.08 Å². The highest BCUT2D eigenvalue weighted by Crippen LogP contribution is 2.43. The molecule has 0 aliphatic heterocycles. The number of hydrogen-bond donors (Lipinski definition) is 0. The summed E-state index contributed by atoms with van der Waals surface area (Å²) in [6, 6.07) is 31.5. The van der Waals surface area contributed by atoms with Crippen LogP contribution in [0.5, 0.6) is 0 Å². The standard InChI is InChI=1S/C24H23O2P/c1-2-26-24(25)19-12-20-27(21-13-6-3-7-14-21,22-15-8-4-9-16-22)23-17-10-5-11-18-23/h3-20H,2H2,1H3/b19-12+. The van der Waals surface area contributed by atoms with Crippen LogP contribution in [0.15, 0.2) is 103 Å². The van der Waals surface area contributed by atoms with E-state index >= 15 is 0 Å². The minimum Gasteiger partial charge on any atom is -0.463 e. The van der Waals surface area contributed by atoms with Crippen molar-refractivity contribution in [3.63, 3.8) is 0 Å². The number of esters is 1. The molecular weight excluding hydrogens is 351 g/mol. The predicted octanol–water partition coefficient (Wildman–Crippen LogP) is 3.90. The van der Waals surface area contributed by atoms with E-state index in [0.717, 1.165) is 0 Å². The van der Waals surface area contributed by atoms with Gasteiger partial charge in [0.1, 0.15) is 0 Å². The lowest BCUT2D eigenvalue weighted by molar-refractivity contribution is -0.137. The third-order valence-electron chi connectivity index (χ3n) is 4.32. The molecule has 0 N–H and O–H groups in total. The maximum absolute atomic E-state index is 11.8. The number of carbonyl (C=O) groups excluding carboxylic acids is 1. The van der Waals surface area contributed by atoms with E-state index in [1.165, 1.54) is 22.0 Å². The van der Waals surface area contributed by atoms with Gasteiger partial charge in [0.25, 0.3) is 0 Å². The van der Waals surface area contributed by atoms with Gasteiger partial charge in [-0.15, -0.1) is 0 Å². The second kappa shape index (κ2) is 9.21. The molecule has 0 saturated carbocycles. The molecule has 0 spiro atoms. The molecule has 0 amide bonds. The maximum Gasteiger partial charge on any atom is 0.330 e. The number of rotatable bonds is 6. The van der Waals surface area contributed by atoms with Gasteiger partial charge in [-0.3, -0.25) is 0 Å². The lowest BCUT2D eigenvalue weighted by Crippen LogP contribution is -2.26. The highest BCUT2D eigenvalue weighted by molar-refractivity contribution is 7.94. The molecular formula is C24H23O2P. The topological polar surface area (TPSA) is 26.3 Å². The summed E-state index contributed by atoms with van der Waals surface area (Å²) in [6.45, 7) is 0.137. The summed E-state index contributed by atoms with van der Waals surface area (Å²) in [6.07, 6.45) is 3.35. The molecule has 0 radical (unpaired) electrons. The van der Waals surface area contributed by atoms with Crippen molar-refractivity contribution in [1.29, 1.82) is 0 Å². The number of hydrogen-bond acceptors (Lipinski definition) is 2. The average Bonchev–Trinajstić information content (AvgIpc) is 2.73. The highest BCUT2D eigenvalue weighted by Gasteiger charge is 2.23. The van der Waals surface area contributed by atoms with E-state index in [9.17, 15) is 4.79 Å². The van der Waals surface area contributed by atoms with Gasteiger partial charge < -0.3 is 4.74 Å². The second-order valence-electron chi connectivity index (χ2n) is 5.99. The monoisotopic (exact) mass is 374 g/mol. The molecule has 0 heterocycles. The van der Waals surface area contributed by atoms with Gasteiger partial charge in [0.05, 0.1) is 6.61 Å². The van der Waals surface area contributed by atoms with Crippen LogP contribution in [0.1, 0.15) is 6.92 Å². The van der Waals surface area contributed by atoms with Crippen LogP contribution in [0.4, 0.5) is 0 Å². The Hall–Kier alpha value is -2.83. The molecule has 0 aromatic heterocycles. The van der Waals surface area contributed by atoms with E-state index in [1.807, 2.05) is 31.2 Å². The van der Waals surface area contributed by atoms with Gasteiger partial charge in [-0.1, -0.05) is 103 Å². The Morgan fingerprint density at radius 3 is 1.56 bits per heavy atom. The number of ether oxygens (including phenoxy) is 1. The summed E-state index contributed by atoms with van der Waals surface area (Å²) in [4.78, 5) is 11.8. The molecule has 3 heteroatoms. The molecule has 136 valence electrons. The summed E-state index contributed by atoms with van der Waals surface area (Å²) in [5.41, 5.74) is 0. The number of benzene rings is 3. The molecule has 2 nitrogen and oxygen atoms in total. The molecule has 3 aromatic rings. The maximum atomic E-state index is 11.8. The summed E-state index contributed by atoms with van der Waals surface area (Å²) < 4.78 is 5.04. The normalized spacial score (nSPS) is 11.3. The summed E-state index contributed by atoms with van der Waals surface area (Å²) in [5, 5.41) is 3.74. The third kappa shape index (κ3) is 4.30. The van der Waals surface area contributed by atoms with Crippen LogP contribution in [0, 0.1) is 0 Å². The van der Waals surface area contributed by atoms with Gasteiger partial charge in [-0.05, 0) is 29.7 Å². The minimum absolute atomic E-state index is 0.318. The Kier molecular flexibility index (Phi) is 6.46. The molecule has 0 saturated heterocycles. The van der Waals surface area contributed by atoms with E-state index in [2.05, 4.69) is 78.6 Å². The molecule has 0 atom stereocenters. The van der Waals surface area contributed by atoms with Crippen molar-refractivity contribution in [2.75, 3.05) is 6.61 Å². The van der Waals surface area contributed by atoms with Gasteiger partial charge >= 0.3 is 5.97 Å². The van der Waals surface area contributed by atoms with E-state index in [1.54, 1.807) is 0 Å². The van der Waals surface area contributed by atoms with Gasteiger partial charge in [-0.2, -0.15) is 0 Å². The first-order valence-electron chi connectivity index (χ1n) is 9.02. The highest BCUT2D eigenvalue weighted by atomic mass is 31.2. The zero-order chi connectivity index (χ0) is 19.0. The lowest BCUT2D eigenvalue weighted by Gasteiger charge is -2.28. The fourth-order valence-electron chi connectivity index (χ4n) is 3.14. The minimum atomic E-state index is -2.05. The number of carbonyl (C=O) groups is 1. The van der Waals surface area contributed by atoms with Crippen molar-refractivity contribution in [1.82, 2.24) is 0 Å². The van der Waals surface area contributed by atoms with Gasteiger partial charge in [0.2, 0.25) is 0 Å². The largest absolute Gasteiger partial charge is 0.463 e. The van der Waals surface area contributed by atoms with Crippen molar-refractivity contribution in [2.45, 2.75) is 6.92 Å². The van der Waals surface area contributed by atoms with Crippen LogP contribution < -0.4 is 15.9 Å². The summed E-state index contributed by atoms with van der Waals surface area (Å²) in [5.74, 6) is 1.87. The Morgan fingerprint density at radius 1 is 0.778 bits per heavy atom. The fourth-order valence-corrected chi connectivity index (χ4v) is 6.82. The van der Waals surface area contributed by atoms with Crippen LogP contribution in [0.2, 0.25) is 0 Å². The average molecular weight is 374 g/mol. The number of allylic oxidation sites excluding steroid dienone is 1. The van der Waals surface area contributed by atoms with Crippen LogP contribution in [0.25, 0.3) is 0 Å². The van der Waals surface area contributed by atoms with Crippen molar-refractivity contribution < 1.29 is 9.53 Å². The van der Waals surface area contributed by atoms with Gasteiger partial charge in [-0.25, -0.2) is 4.79 Å². The second-order valence-corrected chi connectivity index (χ2v) is 9.28. The molecule has 0 aliphatic rings. The zero-order valence-corrected chi connectivity index (χ0v) is 16.3. The zero-order valence-electron chi connectivity index (χ0n) is 15.4. The van der Waals surface area contributed by atoms with Crippen molar-refractivity contribution in [2.24, 2.45) is 0 Å². The SMILES string of the molecule is CCOC(=O)/C=C/C=P(c1ccccc1)(c1ccccc1)c1ccccc1. The predicted molar refractivity (Wildman–Crippen MR) is 117 cm³/mol. The van der Waals surface area contributed by atoms with Crippen molar-refractivity contribution in [3.8, 4) is 0 Å². The molecule has 3 rings (SSSR count). The molecule has 0 unspecified atom stereocenters. The first kappa shape index (κ1) is 18.9. The lowest BCUT2D eigenvalue weighted by atomic mass is 10.4. The first-order chi connectivity index (χ1) is 13.3. The van der Waals surface area contributed by atoms with Crippen molar-refractivity contribution in [3.05, 3.63) is 103 Å². The quantitative estimate of drug-likeness (QED) is 0.372. The van der Waals surface area contributed by atoms with Gasteiger partial charge in [0.15, 0.2) is 0 Å². The summed E-state index contributed by atoms with van der Waals surface area (Å²) in [7, 11) is 0. The molecule has 27 heavy (non-hydrogen) atoms. The Morgan fingerprint density at radius 2 is 1.19 bits per heavy atom. The Bertz CT molecular complexity index is 842. The molecule has 3 aromatic carbocycles. The van der Waals surface area contributed by atoms with Crippen LogP contribution >= 0.6 is 6.89 Å². The first-order valence-corrected chi connectivity index (χ1v) is 10.9. The van der Waals surface area contributed by atoms with E-state index in [4.69, 9.17) is 4.74 Å². The van der Waals surface area contributed by atoms with E-state index < -0.39 is 6.89 Å². The summed E-state index contributed by atoms with van der Waals surface area (Å²) >= 11 is 0. The van der Waals surface area contributed by atoms with Crippen LogP contribution in [0.3, 0.4) is 0 Å². The van der Waals surface area contributed by atoms with Crippen LogP contribution in [-0.4, -0.2) is 18.4 Å². The molecule has 0 bridgehead atoms. The smallest absolute Gasteiger partial charge is 0.330 e. The molecule has 0 aliphatic carbocycles. The third-order valence-corrected chi connectivity index (χ3v) is 8.28. The van der Waals surface area contributed by atoms with E-state index in [-0.39, 0.29) is 5.97 Å². The molecule has 0 fully saturated rings. The van der Waals surface area contributed by atoms with E-state index in [0.29, 0.717) is 6.61 Å². The van der Waals surface area contributed by atoms with Crippen molar-refractivity contribution >= 4 is 34.6 Å². The Balaban J connectivity index is 2.28. The Labute approximate surface area is 161 Å². The van der Waals surface area contributed by atoms with Crippen LogP contribution in [-0.2, 0) is 9.53 Å². The fraction of sp³-hybridized carbons (Fsp3) is 0.0833.